The monoisotopic (exact) mass is 515 g/mol. The van der Waals surface area contributed by atoms with Crippen molar-refractivity contribution in [2.75, 3.05) is 53.0 Å². The highest BCUT2D eigenvalue weighted by molar-refractivity contribution is 14.0. The number of nitrogens with zero attached hydrogens (tertiary/aromatic N) is 3. The zero-order valence-corrected chi connectivity index (χ0v) is 20.4. The molecule has 1 aromatic carbocycles. The van der Waals surface area contributed by atoms with Crippen LogP contribution in [-0.2, 0) is 17.8 Å². The Morgan fingerprint density at radius 3 is 2.59 bits per heavy atom. The quantitative estimate of drug-likeness (QED) is 0.333. The first-order valence-corrected chi connectivity index (χ1v) is 10.9. The van der Waals surface area contributed by atoms with Crippen molar-refractivity contribution in [2.45, 2.75) is 45.3 Å². The van der Waals surface area contributed by atoms with Gasteiger partial charge in [0.15, 0.2) is 5.96 Å². The summed E-state index contributed by atoms with van der Waals surface area (Å²) < 4.78 is 5.47. The minimum Gasteiger partial charge on any atom is -0.379 e. The molecule has 0 aliphatic carbocycles. The lowest BCUT2D eigenvalue weighted by Gasteiger charge is -2.35. The van der Waals surface area contributed by atoms with Crippen LogP contribution in [0.3, 0.4) is 0 Å². The van der Waals surface area contributed by atoms with E-state index < -0.39 is 0 Å². The van der Waals surface area contributed by atoms with E-state index in [0.29, 0.717) is 6.04 Å². The zero-order chi connectivity index (χ0) is 19.6. The van der Waals surface area contributed by atoms with Crippen LogP contribution >= 0.6 is 24.0 Å². The number of benzene rings is 1. The number of hydrogen-bond acceptors (Lipinski definition) is 4. The van der Waals surface area contributed by atoms with Gasteiger partial charge in [0.05, 0.1) is 13.2 Å². The van der Waals surface area contributed by atoms with Crippen molar-refractivity contribution >= 4 is 29.9 Å². The van der Waals surface area contributed by atoms with Crippen LogP contribution in [0.1, 0.15) is 37.3 Å². The summed E-state index contributed by atoms with van der Waals surface area (Å²) in [6.45, 7) is 11.1. The normalized spacial score (nSPS) is 21.4. The summed E-state index contributed by atoms with van der Waals surface area (Å²) in [4.78, 5) is 9.49. The smallest absolute Gasteiger partial charge is 0.191 e. The molecule has 2 fully saturated rings. The first-order chi connectivity index (χ1) is 13.8. The molecule has 2 N–H and O–H groups in total. The molecule has 3 rings (SSSR count). The third-order valence-electron chi connectivity index (χ3n) is 5.95. The predicted octanol–water partition coefficient (Wildman–Crippen LogP) is 2.68. The van der Waals surface area contributed by atoms with Gasteiger partial charge in [-0.25, -0.2) is 0 Å². The Labute approximate surface area is 193 Å². The minimum atomic E-state index is 0. The molecule has 1 aromatic rings. The van der Waals surface area contributed by atoms with E-state index in [4.69, 9.17) is 4.74 Å². The largest absolute Gasteiger partial charge is 0.379 e. The molecular weight excluding hydrogens is 477 g/mol. The molecule has 2 saturated heterocycles. The maximum Gasteiger partial charge on any atom is 0.191 e. The van der Waals surface area contributed by atoms with Gasteiger partial charge in [-0.2, -0.15) is 0 Å². The van der Waals surface area contributed by atoms with Gasteiger partial charge in [0.2, 0.25) is 0 Å². The van der Waals surface area contributed by atoms with Crippen molar-refractivity contribution in [3.05, 3.63) is 35.4 Å². The lowest BCUT2D eigenvalue weighted by molar-refractivity contribution is 0.0341. The minimum absolute atomic E-state index is 0. The second-order valence-electron chi connectivity index (χ2n) is 7.74. The molecule has 2 aliphatic heterocycles. The van der Waals surface area contributed by atoms with Gasteiger partial charge in [0.1, 0.15) is 0 Å². The van der Waals surface area contributed by atoms with E-state index in [0.717, 1.165) is 58.4 Å². The number of rotatable bonds is 7. The first-order valence-electron chi connectivity index (χ1n) is 10.9. The Hall–Kier alpha value is -0.900. The molecule has 2 aliphatic rings. The molecule has 0 radical (unpaired) electrons. The van der Waals surface area contributed by atoms with Crippen LogP contribution in [0.5, 0.6) is 0 Å². The van der Waals surface area contributed by atoms with Gasteiger partial charge in [0, 0.05) is 45.8 Å². The van der Waals surface area contributed by atoms with Crippen LogP contribution in [0, 0.1) is 0 Å². The van der Waals surface area contributed by atoms with Crippen molar-refractivity contribution in [3.8, 4) is 0 Å². The van der Waals surface area contributed by atoms with E-state index in [1.807, 2.05) is 7.05 Å². The van der Waals surface area contributed by atoms with Crippen molar-refractivity contribution in [2.24, 2.45) is 4.99 Å². The van der Waals surface area contributed by atoms with E-state index >= 15 is 0 Å². The number of morpholine rings is 1. The average molecular weight is 515 g/mol. The summed E-state index contributed by atoms with van der Waals surface area (Å²) in [5, 5.41) is 7.06. The highest BCUT2D eigenvalue weighted by Crippen LogP contribution is 2.16. The summed E-state index contributed by atoms with van der Waals surface area (Å²) in [6, 6.07) is 9.33. The maximum absolute atomic E-state index is 5.47. The molecule has 0 spiro atoms. The van der Waals surface area contributed by atoms with Gasteiger partial charge in [-0.05, 0) is 37.1 Å². The fourth-order valence-corrected chi connectivity index (χ4v) is 4.21. The highest BCUT2D eigenvalue weighted by Gasteiger charge is 2.21. The second kappa shape index (κ2) is 13.4. The number of piperidine rings is 1. The summed E-state index contributed by atoms with van der Waals surface area (Å²) in [5.41, 5.74) is 2.72. The lowest BCUT2D eigenvalue weighted by atomic mass is 10.0. The molecule has 1 atom stereocenters. The molecule has 7 heteroatoms. The number of nitrogens with one attached hydrogen (secondary N) is 2. The molecule has 0 saturated carbocycles. The number of likely N-dealkylation sites (tertiary alicyclic amines) is 1. The molecule has 6 nitrogen and oxygen atoms in total. The fourth-order valence-electron chi connectivity index (χ4n) is 4.21. The van der Waals surface area contributed by atoms with Crippen molar-refractivity contribution in [1.82, 2.24) is 20.4 Å². The van der Waals surface area contributed by atoms with E-state index in [2.05, 4.69) is 56.6 Å². The number of hydrogen-bond donors (Lipinski definition) is 2. The SMILES string of the molecule is CCN1CCCCC1CNC(=NC)NCc1ccccc1CN1CCOCC1.I. The second-order valence-corrected chi connectivity index (χ2v) is 7.74. The van der Waals surface area contributed by atoms with Gasteiger partial charge in [-0.15, -0.1) is 24.0 Å². The van der Waals surface area contributed by atoms with Gasteiger partial charge in [-0.3, -0.25) is 14.8 Å². The topological polar surface area (TPSA) is 52.1 Å². The van der Waals surface area contributed by atoms with Crippen LogP contribution in [0.2, 0.25) is 0 Å². The highest BCUT2D eigenvalue weighted by atomic mass is 127. The fraction of sp³-hybridized carbons (Fsp3) is 0.682. The van der Waals surface area contributed by atoms with Crippen LogP contribution in [-0.4, -0.2) is 74.8 Å². The number of halogens is 1. The molecule has 164 valence electrons. The van der Waals surface area contributed by atoms with Gasteiger partial charge in [-0.1, -0.05) is 37.6 Å². The van der Waals surface area contributed by atoms with Gasteiger partial charge < -0.3 is 15.4 Å². The molecule has 0 amide bonds. The number of aliphatic imine (C=N–C) groups is 1. The Kier molecular flexibility index (Phi) is 11.3. The molecule has 1 unspecified atom stereocenters. The molecule has 2 heterocycles. The summed E-state index contributed by atoms with van der Waals surface area (Å²) in [5.74, 6) is 0.891. The number of ether oxygens (including phenoxy) is 1. The molecular formula is C22H38IN5O. The lowest BCUT2D eigenvalue weighted by Crippen LogP contribution is -2.48. The van der Waals surface area contributed by atoms with Gasteiger partial charge >= 0.3 is 0 Å². The predicted molar refractivity (Wildman–Crippen MR) is 131 cm³/mol. The van der Waals surface area contributed by atoms with E-state index in [1.54, 1.807) is 0 Å². The average Bonchev–Trinajstić information content (AvgIpc) is 2.76. The van der Waals surface area contributed by atoms with E-state index in [9.17, 15) is 0 Å². The third kappa shape index (κ3) is 7.70. The van der Waals surface area contributed by atoms with E-state index in [1.165, 1.54) is 36.9 Å². The Balaban J connectivity index is 0.00000300. The van der Waals surface area contributed by atoms with Crippen molar-refractivity contribution < 1.29 is 4.74 Å². The maximum atomic E-state index is 5.47. The van der Waals surface area contributed by atoms with Crippen LogP contribution in [0.15, 0.2) is 29.3 Å². The zero-order valence-electron chi connectivity index (χ0n) is 18.0. The summed E-state index contributed by atoms with van der Waals surface area (Å²) in [6.07, 6.45) is 3.95. The van der Waals surface area contributed by atoms with Crippen LogP contribution in [0.4, 0.5) is 0 Å². The Bertz CT molecular complexity index is 621. The van der Waals surface area contributed by atoms with Crippen LogP contribution < -0.4 is 10.6 Å². The first kappa shape index (κ1) is 24.4. The Morgan fingerprint density at radius 1 is 1.10 bits per heavy atom. The van der Waals surface area contributed by atoms with Crippen LogP contribution in [0.25, 0.3) is 0 Å². The molecule has 0 aromatic heterocycles. The van der Waals surface area contributed by atoms with Crippen molar-refractivity contribution in [3.63, 3.8) is 0 Å². The molecule has 29 heavy (non-hydrogen) atoms. The number of guanidine groups is 1. The van der Waals surface area contributed by atoms with E-state index in [-0.39, 0.29) is 24.0 Å². The summed E-state index contributed by atoms with van der Waals surface area (Å²) >= 11 is 0. The molecule has 0 bridgehead atoms. The summed E-state index contributed by atoms with van der Waals surface area (Å²) in [7, 11) is 1.85. The van der Waals surface area contributed by atoms with Gasteiger partial charge in [0.25, 0.3) is 0 Å². The number of likely N-dealkylation sites (N-methyl/N-ethyl adjacent to an activating group) is 1. The van der Waals surface area contributed by atoms with Crippen molar-refractivity contribution in [1.29, 1.82) is 0 Å². The third-order valence-corrected chi connectivity index (χ3v) is 5.95. The standard InChI is InChI=1S/C22H37N5O.HI/c1-3-27-11-7-6-10-21(27)17-25-22(23-2)24-16-19-8-4-5-9-20(19)18-26-12-14-28-15-13-26;/h4-5,8-9,21H,3,6-7,10-18H2,1-2H3,(H2,23,24,25);1H. The Morgan fingerprint density at radius 2 is 1.86 bits per heavy atom.